The van der Waals surface area contributed by atoms with Crippen molar-refractivity contribution in [1.82, 2.24) is 0 Å². The number of benzene rings is 1. The highest BCUT2D eigenvalue weighted by Crippen LogP contribution is 2.11. The fourth-order valence-electron chi connectivity index (χ4n) is 1.28. The molecule has 0 aliphatic heterocycles. The number of ether oxygens (including phenoxy) is 1. The molecule has 0 heterocycles. The van der Waals surface area contributed by atoms with E-state index in [-0.39, 0.29) is 12.3 Å². The first-order valence-corrected chi connectivity index (χ1v) is 5.67. The Labute approximate surface area is 106 Å². The Morgan fingerprint density at radius 2 is 2.11 bits per heavy atom. The number of rotatable bonds is 5. The second-order valence-corrected chi connectivity index (χ2v) is 3.68. The summed E-state index contributed by atoms with van der Waals surface area (Å²) in [7, 11) is 0. The molecule has 0 bridgehead atoms. The average Bonchev–Trinajstić information content (AvgIpc) is 2.42. The fraction of sp³-hybridized carbons (Fsp3) is 0.286. The Bertz CT molecular complexity index is 469. The molecule has 0 saturated carbocycles. The van der Waals surface area contributed by atoms with Gasteiger partial charge in [0.25, 0.3) is 5.70 Å². The highest BCUT2D eigenvalue weighted by Gasteiger charge is 2.10. The molecule has 4 heteroatoms. The van der Waals surface area contributed by atoms with Gasteiger partial charge in [-0.15, -0.1) is 0 Å². The molecule has 0 unspecified atom stereocenters. The second kappa shape index (κ2) is 7.25. The zero-order chi connectivity index (χ0) is 13.4. The van der Waals surface area contributed by atoms with E-state index in [1.54, 1.807) is 24.3 Å². The Kier molecular flexibility index (Phi) is 5.62. The van der Waals surface area contributed by atoms with Crippen LogP contribution in [0.5, 0.6) is 0 Å². The van der Waals surface area contributed by atoms with E-state index < -0.39 is 5.97 Å². The first kappa shape index (κ1) is 13.9. The van der Waals surface area contributed by atoms with Gasteiger partial charge < -0.3 is 9.84 Å². The molecule has 0 aliphatic rings. The van der Waals surface area contributed by atoms with Gasteiger partial charge in [0.1, 0.15) is 0 Å². The van der Waals surface area contributed by atoms with Crippen LogP contribution >= 0.6 is 0 Å². The lowest BCUT2D eigenvalue weighted by Crippen LogP contribution is -2.06. The number of carbonyl (C=O) groups is 1. The molecule has 0 radical (unpaired) electrons. The first-order valence-electron chi connectivity index (χ1n) is 5.67. The van der Waals surface area contributed by atoms with E-state index in [4.69, 9.17) is 16.4 Å². The molecule has 1 aromatic rings. The molecule has 0 aromatic heterocycles. The highest BCUT2D eigenvalue weighted by molar-refractivity contribution is 5.95. The fourth-order valence-corrected chi connectivity index (χ4v) is 1.28. The molecule has 0 spiro atoms. The van der Waals surface area contributed by atoms with Gasteiger partial charge in [0.15, 0.2) is 0 Å². The van der Waals surface area contributed by atoms with E-state index in [2.05, 4.69) is 4.85 Å². The molecule has 0 fully saturated rings. The van der Waals surface area contributed by atoms with Crippen LogP contribution in [-0.4, -0.2) is 17.7 Å². The molecule has 4 nitrogen and oxygen atoms in total. The minimum Gasteiger partial charge on any atom is -0.471 e. The number of carbonyl (C=O) groups excluding carboxylic acids is 1. The van der Waals surface area contributed by atoms with Gasteiger partial charge in [0.05, 0.1) is 19.8 Å². The molecule has 0 amide bonds. The number of aliphatic hydroxyl groups excluding tert-OH is 1. The number of hydrogen-bond acceptors (Lipinski definition) is 3. The van der Waals surface area contributed by atoms with Crippen LogP contribution in [-0.2, 0) is 16.1 Å². The van der Waals surface area contributed by atoms with Crippen molar-refractivity contribution < 1.29 is 14.6 Å². The van der Waals surface area contributed by atoms with E-state index >= 15 is 0 Å². The summed E-state index contributed by atoms with van der Waals surface area (Å²) >= 11 is 0. The van der Waals surface area contributed by atoms with Crippen LogP contribution in [0, 0.1) is 6.57 Å². The van der Waals surface area contributed by atoms with Crippen LogP contribution in [0.1, 0.15) is 24.5 Å². The van der Waals surface area contributed by atoms with Crippen LogP contribution in [0.3, 0.4) is 0 Å². The van der Waals surface area contributed by atoms with Gasteiger partial charge >= 0.3 is 5.97 Å². The first-order chi connectivity index (χ1) is 8.71. The third-order valence-electron chi connectivity index (χ3n) is 2.23. The Hall–Kier alpha value is -2.12. The molecular weight excluding hydrogens is 230 g/mol. The minimum atomic E-state index is -0.599. The van der Waals surface area contributed by atoms with Gasteiger partial charge in [0.2, 0.25) is 0 Å². The summed E-state index contributed by atoms with van der Waals surface area (Å²) in [5.74, 6) is -0.599. The summed E-state index contributed by atoms with van der Waals surface area (Å²) in [6.45, 7) is 9.15. The molecule has 1 rings (SSSR count). The van der Waals surface area contributed by atoms with E-state index in [1.165, 1.54) is 6.08 Å². The second-order valence-electron chi connectivity index (χ2n) is 3.68. The Morgan fingerprint density at radius 1 is 1.44 bits per heavy atom. The van der Waals surface area contributed by atoms with Crippen LogP contribution in [0.2, 0.25) is 0 Å². The van der Waals surface area contributed by atoms with Gasteiger partial charge in [-0.2, -0.15) is 0 Å². The van der Waals surface area contributed by atoms with Crippen molar-refractivity contribution in [3.05, 3.63) is 52.5 Å². The van der Waals surface area contributed by atoms with Crippen molar-refractivity contribution in [3.63, 3.8) is 0 Å². The number of hydrogen-bond donors (Lipinski definition) is 1. The smallest absolute Gasteiger partial charge is 0.336 e. The molecule has 94 valence electrons. The molecular formula is C14H15NO3. The summed E-state index contributed by atoms with van der Waals surface area (Å²) in [4.78, 5) is 14.7. The molecule has 0 atom stereocenters. The van der Waals surface area contributed by atoms with Crippen LogP contribution in [0.4, 0.5) is 0 Å². The summed E-state index contributed by atoms with van der Waals surface area (Å²) in [5, 5.41) is 8.90. The number of esters is 1. The lowest BCUT2D eigenvalue weighted by atomic mass is 10.1. The molecule has 1 aromatic carbocycles. The summed E-state index contributed by atoms with van der Waals surface area (Å²) < 4.78 is 4.90. The van der Waals surface area contributed by atoms with Crippen molar-refractivity contribution in [2.45, 2.75) is 20.0 Å². The Morgan fingerprint density at radius 3 is 2.61 bits per heavy atom. The van der Waals surface area contributed by atoms with Gasteiger partial charge in [0, 0.05) is 0 Å². The predicted octanol–water partition coefficient (Wildman–Crippen LogP) is 2.39. The minimum absolute atomic E-state index is 0.0296. The topological polar surface area (TPSA) is 50.9 Å². The lowest BCUT2D eigenvalue weighted by Gasteiger charge is -2.02. The van der Waals surface area contributed by atoms with Gasteiger partial charge in [-0.25, -0.2) is 4.85 Å². The van der Waals surface area contributed by atoms with Gasteiger partial charge in [-0.3, -0.25) is 4.79 Å². The predicted molar refractivity (Wildman–Crippen MR) is 68.2 cm³/mol. The van der Waals surface area contributed by atoms with Gasteiger partial charge in [-0.1, -0.05) is 31.2 Å². The standard InChI is InChI=1S/C14H15NO3/c1-3-8-18-14(17)13(15-2)9-11-4-6-12(10-16)7-5-11/h4-7,9,16H,3,8,10H2,1H3/b13-9-. The maximum Gasteiger partial charge on any atom is 0.336 e. The lowest BCUT2D eigenvalue weighted by molar-refractivity contribution is -0.138. The third kappa shape index (κ3) is 4.04. The zero-order valence-corrected chi connectivity index (χ0v) is 10.2. The molecule has 18 heavy (non-hydrogen) atoms. The van der Waals surface area contributed by atoms with E-state index in [9.17, 15) is 4.79 Å². The van der Waals surface area contributed by atoms with Crippen LogP contribution in [0.25, 0.3) is 10.9 Å². The largest absolute Gasteiger partial charge is 0.471 e. The van der Waals surface area contributed by atoms with E-state index in [0.717, 1.165) is 17.5 Å². The SMILES string of the molecule is [C-]#[N+]/C(=C\c1ccc(CO)cc1)C(=O)OCCC. The highest BCUT2D eigenvalue weighted by atomic mass is 16.5. The summed E-state index contributed by atoms with van der Waals surface area (Å²) in [6, 6.07) is 6.96. The van der Waals surface area contributed by atoms with Crippen LogP contribution in [0.15, 0.2) is 30.0 Å². The number of aliphatic hydroxyl groups is 1. The Balaban J connectivity index is 2.83. The molecule has 0 saturated heterocycles. The average molecular weight is 245 g/mol. The summed E-state index contributed by atoms with van der Waals surface area (Å²) in [5.41, 5.74) is 1.47. The third-order valence-corrected chi connectivity index (χ3v) is 2.23. The van der Waals surface area contributed by atoms with Crippen molar-refractivity contribution in [3.8, 4) is 0 Å². The summed E-state index contributed by atoms with van der Waals surface area (Å²) in [6.07, 6.45) is 2.20. The number of nitrogens with zero attached hydrogens (tertiary/aromatic N) is 1. The van der Waals surface area contributed by atoms with Crippen molar-refractivity contribution >= 4 is 12.0 Å². The van der Waals surface area contributed by atoms with Crippen molar-refractivity contribution in [1.29, 1.82) is 0 Å². The van der Waals surface area contributed by atoms with E-state index in [0.29, 0.717) is 6.61 Å². The quantitative estimate of drug-likeness (QED) is 0.492. The maximum absolute atomic E-state index is 11.5. The monoisotopic (exact) mass is 245 g/mol. The van der Waals surface area contributed by atoms with Crippen molar-refractivity contribution in [2.75, 3.05) is 6.61 Å². The normalized spacial score (nSPS) is 10.8. The molecule has 0 aliphatic carbocycles. The molecule has 1 N–H and O–H groups in total. The zero-order valence-electron chi connectivity index (χ0n) is 10.2. The van der Waals surface area contributed by atoms with Gasteiger partial charge in [-0.05, 0) is 23.6 Å². The van der Waals surface area contributed by atoms with E-state index in [1.807, 2.05) is 6.92 Å². The maximum atomic E-state index is 11.5. The van der Waals surface area contributed by atoms with Crippen molar-refractivity contribution in [2.24, 2.45) is 0 Å². The van der Waals surface area contributed by atoms with Crippen LogP contribution < -0.4 is 0 Å².